The minimum absolute atomic E-state index is 0.0517. The van der Waals surface area contributed by atoms with E-state index in [2.05, 4.69) is 31.2 Å². The van der Waals surface area contributed by atoms with Gasteiger partial charge < -0.3 is 0 Å². The molecule has 0 aliphatic rings. The molecular weight excluding hydrogens is 184 g/mol. The summed E-state index contributed by atoms with van der Waals surface area (Å²) in [4.78, 5) is 11.7. The Morgan fingerprint density at radius 2 is 1.80 bits per heavy atom. The molecule has 1 atom stereocenters. The van der Waals surface area contributed by atoms with Crippen molar-refractivity contribution in [1.29, 1.82) is 0 Å². The van der Waals surface area contributed by atoms with Gasteiger partial charge in [-0.3, -0.25) is 4.79 Å². The molecule has 0 saturated carbocycles. The van der Waals surface area contributed by atoms with Crippen molar-refractivity contribution in [2.75, 3.05) is 0 Å². The van der Waals surface area contributed by atoms with Crippen molar-refractivity contribution >= 4 is 5.78 Å². The standard InChI is InChI=1S/C14H20O/c1-4-6-14(15)11(3)13-9-7-12(5-2)8-10-13/h7-11H,4-6H2,1-3H3. The van der Waals surface area contributed by atoms with Crippen LogP contribution < -0.4 is 0 Å². The third kappa shape index (κ3) is 3.19. The third-order valence-corrected chi connectivity index (χ3v) is 2.87. The Kier molecular flexibility index (Phi) is 4.54. The largest absolute Gasteiger partial charge is 0.299 e. The Bertz CT molecular complexity index is 311. The first-order chi connectivity index (χ1) is 7.19. The van der Waals surface area contributed by atoms with Crippen molar-refractivity contribution < 1.29 is 4.79 Å². The van der Waals surface area contributed by atoms with Gasteiger partial charge in [0.25, 0.3) is 0 Å². The van der Waals surface area contributed by atoms with Crippen molar-refractivity contribution in [3.05, 3.63) is 35.4 Å². The Hall–Kier alpha value is -1.11. The predicted octanol–water partition coefficient (Wildman–Crippen LogP) is 3.72. The summed E-state index contributed by atoms with van der Waals surface area (Å²) in [5.41, 5.74) is 2.47. The summed E-state index contributed by atoms with van der Waals surface area (Å²) in [6, 6.07) is 8.39. The van der Waals surface area contributed by atoms with E-state index in [1.165, 1.54) is 5.56 Å². The van der Waals surface area contributed by atoms with Crippen LogP contribution in [0.15, 0.2) is 24.3 Å². The topological polar surface area (TPSA) is 17.1 Å². The monoisotopic (exact) mass is 204 g/mol. The van der Waals surface area contributed by atoms with E-state index in [0.29, 0.717) is 12.2 Å². The molecule has 1 rings (SSSR count). The molecule has 0 aliphatic heterocycles. The molecule has 0 radical (unpaired) electrons. The number of benzene rings is 1. The lowest BCUT2D eigenvalue weighted by Crippen LogP contribution is -2.08. The van der Waals surface area contributed by atoms with Gasteiger partial charge in [0.2, 0.25) is 0 Å². The van der Waals surface area contributed by atoms with Gasteiger partial charge in [0.15, 0.2) is 0 Å². The van der Waals surface area contributed by atoms with Crippen LogP contribution in [-0.4, -0.2) is 5.78 Å². The smallest absolute Gasteiger partial charge is 0.140 e. The number of carbonyl (C=O) groups is 1. The van der Waals surface area contributed by atoms with Crippen molar-refractivity contribution in [2.45, 2.75) is 46.0 Å². The van der Waals surface area contributed by atoms with E-state index >= 15 is 0 Å². The maximum absolute atomic E-state index is 11.7. The fourth-order valence-electron chi connectivity index (χ4n) is 1.69. The van der Waals surface area contributed by atoms with Crippen LogP contribution in [0, 0.1) is 0 Å². The summed E-state index contributed by atoms with van der Waals surface area (Å²) >= 11 is 0. The molecule has 15 heavy (non-hydrogen) atoms. The molecule has 1 nitrogen and oxygen atoms in total. The van der Waals surface area contributed by atoms with Gasteiger partial charge >= 0.3 is 0 Å². The molecule has 0 saturated heterocycles. The predicted molar refractivity (Wildman–Crippen MR) is 64.2 cm³/mol. The van der Waals surface area contributed by atoms with E-state index in [1.54, 1.807) is 0 Å². The van der Waals surface area contributed by atoms with E-state index in [1.807, 2.05) is 13.8 Å². The zero-order chi connectivity index (χ0) is 11.3. The number of hydrogen-bond acceptors (Lipinski definition) is 1. The minimum atomic E-state index is 0.0517. The van der Waals surface area contributed by atoms with Crippen molar-refractivity contribution in [2.24, 2.45) is 0 Å². The zero-order valence-corrected chi connectivity index (χ0v) is 9.92. The van der Waals surface area contributed by atoms with Crippen LogP contribution in [0.2, 0.25) is 0 Å². The molecule has 1 unspecified atom stereocenters. The maximum atomic E-state index is 11.7. The second-order valence-corrected chi connectivity index (χ2v) is 4.03. The molecule has 1 heteroatoms. The number of carbonyl (C=O) groups excluding carboxylic acids is 1. The van der Waals surface area contributed by atoms with E-state index in [0.717, 1.165) is 18.4 Å². The van der Waals surface area contributed by atoms with Crippen LogP contribution in [0.4, 0.5) is 0 Å². The highest BCUT2D eigenvalue weighted by molar-refractivity contribution is 5.85. The Labute approximate surface area is 92.5 Å². The van der Waals surface area contributed by atoms with Crippen molar-refractivity contribution in [3.8, 4) is 0 Å². The van der Waals surface area contributed by atoms with Crippen LogP contribution in [0.25, 0.3) is 0 Å². The van der Waals surface area contributed by atoms with Crippen LogP contribution in [-0.2, 0) is 11.2 Å². The van der Waals surface area contributed by atoms with Gasteiger partial charge in [-0.2, -0.15) is 0 Å². The number of ketones is 1. The lowest BCUT2D eigenvalue weighted by Gasteiger charge is -2.10. The quantitative estimate of drug-likeness (QED) is 0.714. The second kappa shape index (κ2) is 5.69. The lowest BCUT2D eigenvalue weighted by atomic mass is 9.93. The highest BCUT2D eigenvalue weighted by Crippen LogP contribution is 2.19. The molecule has 0 spiro atoms. The summed E-state index contributed by atoms with van der Waals surface area (Å²) in [5.74, 6) is 0.401. The summed E-state index contributed by atoms with van der Waals surface area (Å²) in [6.07, 6.45) is 2.69. The Balaban J connectivity index is 2.73. The lowest BCUT2D eigenvalue weighted by molar-refractivity contribution is -0.120. The molecule has 0 aliphatic carbocycles. The maximum Gasteiger partial charge on any atom is 0.140 e. The van der Waals surface area contributed by atoms with Crippen LogP contribution in [0.5, 0.6) is 0 Å². The fraction of sp³-hybridized carbons (Fsp3) is 0.500. The van der Waals surface area contributed by atoms with Gasteiger partial charge in [-0.1, -0.05) is 45.0 Å². The van der Waals surface area contributed by atoms with Crippen LogP contribution in [0.3, 0.4) is 0 Å². The second-order valence-electron chi connectivity index (χ2n) is 4.03. The van der Waals surface area contributed by atoms with Gasteiger partial charge in [-0.15, -0.1) is 0 Å². The van der Waals surface area contributed by atoms with E-state index < -0.39 is 0 Å². The first kappa shape index (κ1) is 12.0. The minimum Gasteiger partial charge on any atom is -0.299 e. The molecule has 1 aromatic rings. The highest BCUT2D eigenvalue weighted by Gasteiger charge is 2.13. The third-order valence-electron chi connectivity index (χ3n) is 2.87. The molecule has 0 N–H and O–H groups in total. The van der Waals surface area contributed by atoms with E-state index in [-0.39, 0.29) is 5.92 Å². The molecule has 0 heterocycles. The average molecular weight is 204 g/mol. The highest BCUT2D eigenvalue weighted by atomic mass is 16.1. The van der Waals surface area contributed by atoms with Crippen molar-refractivity contribution in [3.63, 3.8) is 0 Å². The Morgan fingerprint density at radius 3 is 2.27 bits per heavy atom. The molecular formula is C14H20O. The summed E-state index contributed by atoms with van der Waals surface area (Å²) < 4.78 is 0. The molecule has 82 valence electrons. The molecule has 1 aromatic carbocycles. The molecule has 0 bridgehead atoms. The van der Waals surface area contributed by atoms with Gasteiger partial charge in [0.05, 0.1) is 0 Å². The van der Waals surface area contributed by atoms with Gasteiger partial charge in [-0.05, 0) is 24.0 Å². The van der Waals surface area contributed by atoms with E-state index in [4.69, 9.17) is 0 Å². The van der Waals surface area contributed by atoms with Gasteiger partial charge in [0, 0.05) is 12.3 Å². The first-order valence-electron chi connectivity index (χ1n) is 5.80. The zero-order valence-electron chi connectivity index (χ0n) is 9.92. The number of aryl methyl sites for hydroxylation is 1. The fourth-order valence-corrected chi connectivity index (χ4v) is 1.69. The number of Topliss-reactive ketones (excluding diaryl/α,β-unsaturated/α-hetero) is 1. The summed E-state index contributed by atoms with van der Waals surface area (Å²) in [6.45, 7) is 6.18. The van der Waals surface area contributed by atoms with Crippen LogP contribution in [0.1, 0.15) is 50.7 Å². The SMILES string of the molecule is CCCC(=O)C(C)c1ccc(CC)cc1. The van der Waals surface area contributed by atoms with Crippen LogP contribution >= 0.6 is 0 Å². The van der Waals surface area contributed by atoms with Crippen molar-refractivity contribution in [1.82, 2.24) is 0 Å². The van der Waals surface area contributed by atoms with Gasteiger partial charge in [-0.25, -0.2) is 0 Å². The average Bonchev–Trinajstić information content (AvgIpc) is 2.28. The summed E-state index contributed by atoms with van der Waals surface area (Å²) in [7, 11) is 0. The normalized spacial score (nSPS) is 12.5. The first-order valence-corrected chi connectivity index (χ1v) is 5.80. The van der Waals surface area contributed by atoms with Gasteiger partial charge in [0.1, 0.15) is 5.78 Å². The van der Waals surface area contributed by atoms with E-state index in [9.17, 15) is 4.79 Å². The molecule has 0 fully saturated rings. The number of hydrogen-bond donors (Lipinski definition) is 0. The summed E-state index contributed by atoms with van der Waals surface area (Å²) in [5, 5.41) is 0. The Morgan fingerprint density at radius 1 is 1.20 bits per heavy atom. The number of rotatable bonds is 5. The molecule has 0 aromatic heterocycles. The molecule has 0 amide bonds.